The second kappa shape index (κ2) is 15.8. The van der Waals surface area contributed by atoms with Gasteiger partial charge in [-0.25, -0.2) is 0 Å². The Balaban J connectivity index is 2.03. The molecule has 23 heavy (non-hydrogen) atoms. The van der Waals surface area contributed by atoms with Gasteiger partial charge in [0.1, 0.15) is 5.03 Å². The summed E-state index contributed by atoms with van der Waals surface area (Å²) in [6.07, 6.45) is 17.6. The maximum atomic E-state index is 4.31. The van der Waals surface area contributed by atoms with Gasteiger partial charge in [-0.05, 0) is 41.6 Å². The first-order valence-corrected chi connectivity index (χ1v) is 12.6. The molecule has 0 saturated carbocycles. The molecule has 0 atom stereocenters. The summed E-state index contributed by atoms with van der Waals surface area (Å²) in [5.74, 6) is 1.24. The molecule has 0 aliphatic carbocycles. The smallest absolute Gasteiger partial charge is 0.130 e. The van der Waals surface area contributed by atoms with Gasteiger partial charge in [0.05, 0.1) is 4.88 Å². The van der Waals surface area contributed by atoms with Crippen LogP contribution in [0.15, 0.2) is 5.03 Å². The first-order chi connectivity index (χ1) is 11.4. The van der Waals surface area contributed by atoms with E-state index in [-0.39, 0.29) is 0 Å². The van der Waals surface area contributed by atoms with Crippen molar-refractivity contribution in [2.45, 2.75) is 102 Å². The van der Waals surface area contributed by atoms with Crippen molar-refractivity contribution in [2.75, 3.05) is 5.75 Å². The van der Waals surface area contributed by atoms with Crippen LogP contribution in [0.25, 0.3) is 0 Å². The van der Waals surface area contributed by atoms with Crippen molar-refractivity contribution in [1.82, 2.24) is 9.59 Å². The number of rotatable bonds is 16. The Kier molecular flexibility index (Phi) is 14.6. The van der Waals surface area contributed by atoms with Crippen LogP contribution in [0.1, 0.15) is 95.8 Å². The van der Waals surface area contributed by atoms with Crippen molar-refractivity contribution in [1.29, 1.82) is 0 Å². The monoisotopic (exact) mass is 374 g/mol. The van der Waals surface area contributed by atoms with Gasteiger partial charge in [-0.1, -0.05) is 93.3 Å². The summed E-state index contributed by atoms with van der Waals surface area (Å²) in [5, 5.41) is 5.49. The van der Waals surface area contributed by atoms with Crippen LogP contribution in [0.5, 0.6) is 0 Å². The first-order valence-electron chi connectivity index (χ1n) is 9.49. The number of aryl methyl sites for hydroxylation is 1. The van der Waals surface area contributed by atoms with Crippen molar-refractivity contribution in [3.8, 4) is 0 Å². The van der Waals surface area contributed by atoms with E-state index in [1.807, 2.05) is 21.6 Å². The third-order valence-electron chi connectivity index (χ3n) is 4.00. The summed E-state index contributed by atoms with van der Waals surface area (Å²) in [6, 6.07) is 0. The molecule has 0 fully saturated rings. The summed E-state index contributed by atoms with van der Waals surface area (Å²) < 4.78 is 4.16. The highest BCUT2D eigenvalue weighted by atomic mass is 33.1. The fourth-order valence-corrected chi connectivity index (χ4v) is 5.67. The van der Waals surface area contributed by atoms with E-state index in [1.165, 1.54) is 99.1 Å². The topological polar surface area (TPSA) is 25.8 Å². The SMILES string of the molecule is CCCCCCCCSSc1nnsc1CCCCCCCC. The molecular weight excluding hydrogens is 340 g/mol. The molecule has 0 aliphatic heterocycles. The Bertz CT molecular complexity index is 369. The van der Waals surface area contributed by atoms with Crippen molar-refractivity contribution in [2.24, 2.45) is 0 Å². The summed E-state index contributed by atoms with van der Waals surface area (Å²) in [6.45, 7) is 4.55. The molecule has 0 N–H and O–H groups in total. The Morgan fingerprint density at radius 1 is 0.783 bits per heavy atom. The average Bonchev–Trinajstić information content (AvgIpc) is 3.01. The molecule has 0 unspecified atom stereocenters. The highest BCUT2D eigenvalue weighted by molar-refractivity contribution is 8.76. The maximum absolute atomic E-state index is 4.31. The van der Waals surface area contributed by atoms with Crippen molar-refractivity contribution in [3.05, 3.63) is 4.88 Å². The third kappa shape index (κ3) is 11.4. The van der Waals surface area contributed by atoms with E-state index in [4.69, 9.17) is 0 Å². The van der Waals surface area contributed by atoms with E-state index in [1.54, 1.807) is 11.5 Å². The predicted octanol–water partition coefficient (Wildman–Crippen LogP) is 7.54. The van der Waals surface area contributed by atoms with E-state index in [2.05, 4.69) is 23.4 Å². The molecule has 134 valence electrons. The van der Waals surface area contributed by atoms with Crippen molar-refractivity contribution in [3.63, 3.8) is 0 Å². The van der Waals surface area contributed by atoms with E-state index < -0.39 is 0 Å². The Labute approximate surface area is 155 Å². The van der Waals surface area contributed by atoms with Gasteiger partial charge >= 0.3 is 0 Å². The lowest BCUT2D eigenvalue weighted by atomic mass is 10.1. The van der Waals surface area contributed by atoms with Crippen LogP contribution in [0, 0.1) is 0 Å². The minimum absolute atomic E-state index is 1.17. The van der Waals surface area contributed by atoms with Gasteiger partial charge in [-0.3, -0.25) is 0 Å². The number of hydrogen-bond acceptors (Lipinski definition) is 5. The lowest BCUT2D eigenvalue weighted by Crippen LogP contribution is -1.86. The van der Waals surface area contributed by atoms with Gasteiger partial charge in [0.15, 0.2) is 0 Å². The zero-order valence-electron chi connectivity index (χ0n) is 15.0. The molecule has 0 aromatic carbocycles. The average molecular weight is 375 g/mol. The predicted molar refractivity (Wildman–Crippen MR) is 109 cm³/mol. The minimum atomic E-state index is 1.17. The van der Waals surface area contributed by atoms with Gasteiger partial charge in [-0.2, -0.15) is 0 Å². The van der Waals surface area contributed by atoms with Gasteiger partial charge in [-0.15, -0.1) is 5.10 Å². The standard InChI is InChI=1S/C18H34N2S3/c1-3-5-7-9-11-13-15-17-18(19-20-22-17)23-21-16-14-12-10-8-6-4-2/h3-16H2,1-2H3. The summed E-state index contributed by atoms with van der Waals surface area (Å²) >= 11 is 1.60. The van der Waals surface area contributed by atoms with Gasteiger partial charge in [0.2, 0.25) is 0 Å². The quantitative estimate of drug-likeness (QED) is 0.220. The van der Waals surface area contributed by atoms with Gasteiger partial charge < -0.3 is 0 Å². The zero-order valence-corrected chi connectivity index (χ0v) is 17.5. The van der Waals surface area contributed by atoms with Crippen LogP contribution in [-0.2, 0) is 6.42 Å². The van der Waals surface area contributed by atoms with Crippen LogP contribution < -0.4 is 0 Å². The van der Waals surface area contributed by atoms with Crippen LogP contribution in [0.4, 0.5) is 0 Å². The Hall–Kier alpha value is 0.260. The van der Waals surface area contributed by atoms with Crippen LogP contribution in [0.3, 0.4) is 0 Å². The number of aromatic nitrogens is 2. The second-order valence-corrected chi connectivity index (χ2v) is 9.44. The fraction of sp³-hybridized carbons (Fsp3) is 0.889. The molecule has 0 spiro atoms. The summed E-state index contributed by atoms with van der Waals surface area (Å²) in [4.78, 5) is 1.40. The second-order valence-electron chi connectivity index (χ2n) is 6.19. The number of hydrogen-bond donors (Lipinski definition) is 0. The highest BCUT2D eigenvalue weighted by Gasteiger charge is 2.08. The highest BCUT2D eigenvalue weighted by Crippen LogP contribution is 2.34. The lowest BCUT2D eigenvalue weighted by molar-refractivity contribution is 0.607. The summed E-state index contributed by atoms with van der Waals surface area (Å²) in [5.41, 5.74) is 0. The van der Waals surface area contributed by atoms with Crippen molar-refractivity contribution >= 4 is 33.1 Å². The maximum Gasteiger partial charge on any atom is 0.145 e. The molecule has 1 aromatic rings. The normalized spacial score (nSPS) is 11.2. The van der Waals surface area contributed by atoms with Crippen molar-refractivity contribution < 1.29 is 0 Å². The van der Waals surface area contributed by atoms with E-state index >= 15 is 0 Å². The van der Waals surface area contributed by atoms with Gasteiger partial charge in [0.25, 0.3) is 0 Å². The van der Waals surface area contributed by atoms with E-state index in [0.717, 1.165) is 0 Å². The Morgan fingerprint density at radius 2 is 1.39 bits per heavy atom. The molecule has 5 heteroatoms. The zero-order chi connectivity index (χ0) is 16.6. The Morgan fingerprint density at radius 3 is 2.09 bits per heavy atom. The first kappa shape index (κ1) is 21.3. The minimum Gasteiger partial charge on any atom is -0.130 e. The van der Waals surface area contributed by atoms with Crippen LogP contribution in [-0.4, -0.2) is 15.3 Å². The molecule has 1 aromatic heterocycles. The number of unbranched alkanes of at least 4 members (excludes halogenated alkanes) is 10. The van der Waals surface area contributed by atoms with Crippen LogP contribution >= 0.6 is 33.1 Å². The largest absolute Gasteiger partial charge is 0.145 e. The molecule has 0 amide bonds. The fourth-order valence-electron chi connectivity index (χ4n) is 2.52. The third-order valence-corrected chi connectivity index (χ3v) is 7.29. The number of nitrogens with zero attached hydrogens (tertiary/aromatic N) is 2. The molecule has 0 bridgehead atoms. The van der Waals surface area contributed by atoms with E-state index in [9.17, 15) is 0 Å². The van der Waals surface area contributed by atoms with Gasteiger partial charge in [0, 0.05) is 5.75 Å². The van der Waals surface area contributed by atoms with E-state index in [0.29, 0.717) is 0 Å². The molecule has 2 nitrogen and oxygen atoms in total. The molecule has 0 aliphatic rings. The molecular formula is C18H34N2S3. The molecule has 0 radical (unpaired) electrons. The molecule has 1 rings (SSSR count). The molecule has 1 heterocycles. The summed E-state index contributed by atoms with van der Waals surface area (Å²) in [7, 11) is 3.81. The van der Waals surface area contributed by atoms with Crippen LogP contribution in [0.2, 0.25) is 0 Å². The lowest BCUT2D eigenvalue weighted by Gasteiger charge is -2.02. The molecule has 0 saturated heterocycles.